The molecule has 5 rings (SSSR count). The molecule has 2 aliphatic heterocycles. The number of phenols is 1. The van der Waals surface area contributed by atoms with Crippen LogP contribution >= 0.6 is 0 Å². The van der Waals surface area contributed by atoms with E-state index in [1.165, 1.54) is 11.3 Å². The third kappa shape index (κ3) is 5.57. The number of benzene rings is 2. The van der Waals surface area contributed by atoms with Crippen LogP contribution in [-0.4, -0.2) is 61.4 Å². The molecule has 2 aromatic carbocycles. The minimum absolute atomic E-state index is 0.0126. The predicted octanol–water partition coefficient (Wildman–Crippen LogP) is 3.38. The molecule has 3 heterocycles. The maximum absolute atomic E-state index is 13.5. The van der Waals surface area contributed by atoms with Crippen molar-refractivity contribution in [3.63, 3.8) is 0 Å². The van der Waals surface area contributed by atoms with Gasteiger partial charge in [0.1, 0.15) is 5.75 Å². The maximum atomic E-state index is 13.5. The van der Waals surface area contributed by atoms with Gasteiger partial charge in [-0.3, -0.25) is 14.4 Å². The van der Waals surface area contributed by atoms with Crippen LogP contribution in [0.5, 0.6) is 5.75 Å². The van der Waals surface area contributed by atoms with Crippen LogP contribution in [0.3, 0.4) is 0 Å². The largest absolute Gasteiger partial charge is 0.508 e. The fourth-order valence-corrected chi connectivity index (χ4v) is 5.19. The highest BCUT2D eigenvalue weighted by molar-refractivity contribution is 5.94. The number of carbonyl (C=O) groups excluding carboxylic acids is 1. The van der Waals surface area contributed by atoms with Crippen molar-refractivity contribution >= 4 is 5.91 Å². The highest BCUT2D eigenvalue weighted by Crippen LogP contribution is 2.27. The molecule has 2 N–H and O–H groups in total. The number of phenolic OH excluding ortho intramolecular Hbond substituents is 1. The van der Waals surface area contributed by atoms with E-state index in [-0.39, 0.29) is 17.8 Å². The van der Waals surface area contributed by atoms with E-state index in [0.29, 0.717) is 38.2 Å². The van der Waals surface area contributed by atoms with Crippen LogP contribution in [0, 0.1) is 0 Å². The van der Waals surface area contributed by atoms with Crippen molar-refractivity contribution in [1.29, 1.82) is 0 Å². The lowest BCUT2D eigenvalue weighted by molar-refractivity contribution is 0.0538. The van der Waals surface area contributed by atoms with Crippen LogP contribution in [0.2, 0.25) is 0 Å². The molecule has 7 nitrogen and oxygen atoms in total. The SMILES string of the molecule is O=C(c1nn(CCCc2ccccc2)c2c1CN(Cc1ccc(O)cc1)CC2)N1CCC(O)CC1. The van der Waals surface area contributed by atoms with E-state index >= 15 is 0 Å². The Morgan fingerprint density at radius 3 is 2.46 bits per heavy atom. The van der Waals surface area contributed by atoms with Crippen molar-refractivity contribution in [3.8, 4) is 5.75 Å². The Hall–Kier alpha value is -3.16. The van der Waals surface area contributed by atoms with Crippen LogP contribution < -0.4 is 0 Å². The van der Waals surface area contributed by atoms with Gasteiger partial charge in [0.25, 0.3) is 5.91 Å². The maximum Gasteiger partial charge on any atom is 0.274 e. The van der Waals surface area contributed by atoms with Gasteiger partial charge in [-0.25, -0.2) is 0 Å². The number of hydrogen-bond acceptors (Lipinski definition) is 5. The van der Waals surface area contributed by atoms with Crippen molar-refractivity contribution in [2.75, 3.05) is 19.6 Å². The van der Waals surface area contributed by atoms with Crippen molar-refractivity contribution in [3.05, 3.63) is 82.7 Å². The van der Waals surface area contributed by atoms with Gasteiger partial charge in [0.05, 0.1) is 6.10 Å². The van der Waals surface area contributed by atoms with Gasteiger partial charge < -0.3 is 15.1 Å². The zero-order valence-electron chi connectivity index (χ0n) is 20.1. The number of aromatic nitrogens is 2. The van der Waals surface area contributed by atoms with Crippen molar-refractivity contribution in [2.24, 2.45) is 0 Å². The van der Waals surface area contributed by atoms with E-state index in [2.05, 4.69) is 33.8 Å². The van der Waals surface area contributed by atoms with E-state index in [0.717, 1.165) is 50.0 Å². The van der Waals surface area contributed by atoms with E-state index < -0.39 is 0 Å². The van der Waals surface area contributed by atoms with Crippen molar-refractivity contribution in [1.82, 2.24) is 19.6 Å². The second-order valence-corrected chi connectivity index (χ2v) is 9.74. The molecule has 3 aromatic rings. The summed E-state index contributed by atoms with van der Waals surface area (Å²) in [5, 5.41) is 24.3. The molecule has 0 aliphatic carbocycles. The summed E-state index contributed by atoms with van der Waals surface area (Å²) in [5.41, 5.74) is 5.26. The number of amides is 1. The van der Waals surface area contributed by atoms with Crippen molar-refractivity contribution in [2.45, 2.75) is 57.8 Å². The van der Waals surface area contributed by atoms with E-state index in [1.54, 1.807) is 12.1 Å². The number of nitrogens with zero attached hydrogens (tertiary/aromatic N) is 4. The molecule has 1 fully saturated rings. The monoisotopic (exact) mass is 474 g/mol. The molecule has 35 heavy (non-hydrogen) atoms. The smallest absolute Gasteiger partial charge is 0.274 e. The number of carbonyl (C=O) groups is 1. The van der Waals surface area contributed by atoms with Crippen LogP contribution in [0.25, 0.3) is 0 Å². The van der Waals surface area contributed by atoms with Gasteiger partial charge in [0.2, 0.25) is 0 Å². The van der Waals surface area contributed by atoms with E-state index in [4.69, 9.17) is 5.10 Å². The topological polar surface area (TPSA) is 81.8 Å². The van der Waals surface area contributed by atoms with Gasteiger partial charge in [-0.1, -0.05) is 42.5 Å². The lowest BCUT2D eigenvalue weighted by Crippen LogP contribution is -2.41. The molecule has 2 aliphatic rings. The summed E-state index contributed by atoms with van der Waals surface area (Å²) < 4.78 is 2.07. The fraction of sp³-hybridized carbons (Fsp3) is 0.429. The van der Waals surface area contributed by atoms with Crippen LogP contribution in [0.15, 0.2) is 54.6 Å². The summed E-state index contributed by atoms with van der Waals surface area (Å²) in [6.07, 6.45) is 3.74. The lowest BCUT2D eigenvalue weighted by atomic mass is 10.0. The van der Waals surface area contributed by atoms with Gasteiger partial charge in [-0.2, -0.15) is 5.10 Å². The molecule has 0 atom stereocenters. The fourth-order valence-electron chi connectivity index (χ4n) is 5.19. The summed E-state index contributed by atoms with van der Waals surface area (Å²) >= 11 is 0. The van der Waals surface area contributed by atoms with Crippen molar-refractivity contribution < 1.29 is 15.0 Å². The highest BCUT2D eigenvalue weighted by Gasteiger charge is 2.31. The summed E-state index contributed by atoms with van der Waals surface area (Å²) in [5.74, 6) is 0.257. The zero-order valence-corrected chi connectivity index (χ0v) is 20.1. The average Bonchev–Trinajstić information content (AvgIpc) is 3.24. The Balaban J connectivity index is 1.35. The number of likely N-dealkylation sites (tertiary alicyclic amines) is 1. The van der Waals surface area contributed by atoms with E-state index in [9.17, 15) is 15.0 Å². The first-order valence-electron chi connectivity index (χ1n) is 12.7. The Morgan fingerprint density at radius 1 is 0.971 bits per heavy atom. The number of piperidine rings is 1. The third-order valence-corrected chi connectivity index (χ3v) is 7.19. The lowest BCUT2D eigenvalue weighted by Gasteiger charge is -2.30. The van der Waals surface area contributed by atoms with Crippen LogP contribution in [0.1, 0.15) is 52.1 Å². The second kappa shape index (κ2) is 10.6. The molecule has 0 radical (unpaired) electrons. The Labute approximate surface area is 206 Å². The molecule has 1 amide bonds. The van der Waals surface area contributed by atoms with Gasteiger partial charge in [0.15, 0.2) is 5.69 Å². The van der Waals surface area contributed by atoms with Gasteiger partial charge in [-0.15, -0.1) is 0 Å². The molecule has 1 aromatic heterocycles. The average molecular weight is 475 g/mol. The number of aryl methyl sites for hydroxylation is 2. The Morgan fingerprint density at radius 2 is 1.71 bits per heavy atom. The molecule has 1 saturated heterocycles. The summed E-state index contributed by atoms with van der Waals surface area (Å²) in [6, 6.07) is 17.8. The Bertz CT molecular complexity index is 1140. The molecule has 7 heteroatoms. The number of rotatable bonds is 7. The summed E-state index contributed by atoms with van der Waals surface area (Å²) in [7, 11) is 0. The number of aliphatic hydroxyl groups is 1. The van der Waals surface area contributed by atoms with Gasteiger partial charge in [-0.05, 0) is 48.9 Å². The summed E-state index contributed by atoms with van der Waals surface area (Å²) in [6.45, 7) is 4.30. The first-order valence-corrected chi connectivity index (χ1v) is 12.7. The molecule has 0 saturated carbocycles. The number of hydrogen-bond donors (Lipinski definition) is 2. The van der Waals surface area contributed by atoms with Gasteiger partial charge >= 0.3 is 0 Å². The first kappa shape index (κ1) is 23.6. The minimum Gasteiger partial charge on any atom is -0.508 e. The molecule has 0 bridgehead atoms. The van der Waals surface area contributed by atoms with Crippen LogP contribution in [-0.2, 0) is 32.5 Å². The molecular formula is C28H34N4O3. The molecule has 184 valence electrons. The summed E-state index contributed by atoms with van der Waals surface area (Å²) in [4.78, 5) is 17.7. The molecule has 0 spiro atoms. The third-order valence-electron chi connectivity index (χ3n) is 7.19. The quantitative estimate of drug-likeness (QED) is 0.549. The predicted molar refractivity (Wildman–Crippen MR) is 134 cm³/mol. The molecule has 0 unspecified atom stereocenters. The minimum atomic E-state index is -0.315. The highest BCUT2D eigenvalue weighted by atomic mass is 16.3. The van der Waals surface area contributed by atoms with Crippen LogP contribution in [0.4, 0.5) is 0 Å². The van der Waals surface area contributed by atoms with Gasteiger partial charge in [0, 0.05) is 56.9 Å². The zero-order chi connectivity index (χ0) is 24.2. The standard InChI is InChI=1S/C28H34N4O3/c33-23-10-8-22(9-11-23)19-30-16-14-26-25(20-30)27(28(35)31-17-12-24(34)13-18-31)29-32(26)15-4-7-21-5-2-1-3-6-21/h1-3,5-6,8-11,24,33-34H,4,7,12-20H2. The Kier molecular flexibility index (Phi) is 7.16. The first-order chi connectivity index (χ1) is 17.1. The van der Waals surface area contributed by atoms with E-state index in [1.807, 2.05) is 23.1 Å². The molecular weight excluding hydrogens is 440 g/mol. The number of aromatic hydroxyl groups is 1. The normalized spacial score (nSPS) is 16.9. The second-order valence-electron chi connectivity index (χ2n) is 9.74. The number of aliphatic hydroxyl groups excluding tert-OH is 1. The number of fused-ring (bicyclic) bond motifs is 1.